The van der Waals surface area contributed by atoms with E-state index in [4.69, 9.17) is 0 Å². The Labute approximate surface area is 165 Å². The second-order valence-electron chi connectivity index (χ2n) is 9.31. The number of aryl methyl sites for hydroxylation is 1. The number of fused-ring (bicyclic) bond motifs is 1. The molecule has 1 aromatic carbocycles. The molecule has 4 saturated carbocycles. The fraction of sp³-hybridized carbons (Fsp3) is 0.609. The Hall–Kier alpha value is -2.17. The first kappa shape index (κ1) is 17.9. The number of aromatic amines is 1. The second kappa shape index (κ2) is 7.02. The summed E-state index contributed by atoms with van der Waals surface area (Å²) in [5.41, 5.74) is 0.621. The van der Waals surface area contributed by atoms with Crippen molar-refractivity contribution in [1.82, 2.24) is 14.9 Å². The molecule has 1 heterocycles. The molecular weight excluding hydrogens is 350 g/mol. The van der Waals surface area contributed by atoms with Crippen molar-refractivity contribution >= 4 is 16.8 Å². The smallest absolute Gasteiger partial charge is 0.258 e. The fourth-order valence-electron chi connectivity index (χ4n) is 6.53. The Morgan fingerprint density at radius 1 is 1.11 bits per heavy atom. The van der Waals surface area contributed by atoms with Crippen molar-refractivity contribution in [2.45, 2.75) is 57.4 Å². The van der Waals surface area contributed by atoms with Crippen molar-refractivity contribution < 1.29 is 4.79 Å². The number of hydrogen-bond acceptors (Lipinski definition) is 3. The van der Waals surface area contributed by atoms with Crippen molar-refractivity contribution in [3.63, 3.8) is 0 Å². The third kappa shape index (κ3) is 3.15. The van der Waals surface area contributed by atoms with Crippen LogP contribution in [-0.4, -0.2) is 33.9 Å². The maximum absolute atomic E-state index is 12.9. The first-order chi connectivity index (χ1) is 13.6. The number of H-pyrrole nitrogens is 1. The Morgan fingerprint density at radius 2 is 1.79 bits per heavy atom. The van der Waals surface area contributed by atoms with E-state index in [0.717, 1.165) is 35.6 Å². The van der Waals surface area contributed by atoms with Gasteiger partial charge < -0.3 is 9.88 Å². The Morgan fingerprint density at radius 3 is 2.50 bits per heavy atom. The van der Waals surface area contributed by atoms with Crippen LogP contribution in [-0.2, 0) is 11.2 Å². The lowest BCUT2D eigenvalue weighted by molar-refractivity contribution is -0.141. The summed E-state index contributed by atoms with van der Waals surface area (Å²) in [7, 11) is 2.02. The number of hydrogen-bond donors (Lipinski definition) is 1. The highest BCUT2D eigenvalue weighted by Crippen LogP contribution is 2.55. The summed E-state index contributed by atoms with van der Waals surface area (Å²) in [4.78, 5) is 34.5. The zero-order valence-electron chi connectivity index (χ0n) is 16.6. The molecule has 1 N–H and O–H groups in total. The van der Waals surface area contributed by atoms with Gasteiger partial charge in [-0.3, -0.25) is 9.59 Å². The third-order valence-corrected chi connectivity index (χ3v) is 7.48. The van der Waals surface area contributed by atoms with Crippen LogP contribution in [0.15, 0.2) is 29.1 Å². The third-order valence-electron chi connectivity index (χ3n) is 7.48. The lowest BCUT2D eigenvalue weighted by Crippen LogP contribution is -2.56. The first-order valence-corrected chi connectivity index (χ1v) is 10.8. The molecule has 6 rings (SSSR count). The molecule has 4 fully saturated rings. The molecule has 2 aromatic rings. The van der Waals surface area contributed by atoms with Gasteiger partial charge in [-0.05, 0) is 74.3 Å². The van der Waals surface area contributed by atoms with E-state index in [1.807, 2.05) is 25.2 Å². The van der Waals surface area contributed by atoms with Crippen molar-refractivity contribution in [2.24, 2.45) is 23.7 Å². The minimum Gasteiger partial charge on any atom is -0.342 e. The number of nitrogens with one attached hydrogen (secondary N) is 1. The number of carbonyl (C=O) groups excluding carboxylic acids is 1. The van der Waals surface area contributed by atoms with Gasteiger partial charge in [0.2, 0.25) is 5.91 Å². The van der Waals surface area contributed by atoms with E-state index in [-0.39, 0.29) is 11.5 Å². The van der Waals surface area contributed by atoms with E-state index < -0.39 is 0 Å². The molecule has 1 aromatic heterocycles. The van der Waals surface area contributed by atoms with Crippen molar-refractivity contribution in [3.8, 4) is 0 Å². The lowest BCUT2D eigenvalue weighted by Gasteiger charge is -2.56. The van der Waals surface area contributed by atoms with Crippen LogP contribution in [0, 0.1) is 23.7 Å². The van der Waals surface area contributed by atoms with E-state index in [2.05, 4.69) is 14.9 Å². The van der Waals surface area contributed by atoms with Crippen LogP contribution in [0.1, 0.15) is 50.8 Å². The molecule has 0 aliphatic heterocycles. The number of carbonyl (C=O) groups is 1. The molecule has 28 heavy (non-hydrogen) atoms. The molecule has 4 bridgehead atoms. The van der Waals surface area contributed by atoms with Gasteiger partial charge >= 0.3 is 0 Å². The van der Waals surface area contributed by atoms with Crippen LogP contribution in [0.3, 0.4) is 0 Å². The number of nitrogens with zero attached hydrogens (tertiary/aromatic N) is 2. The van der Waals surface area contributed by atoms with Crippen LogP contribution >= 0.6 is 0 Å². The molecule has 4 aliphatic rings. The zero-order chi connectivity index (χ0) is 19.3. The van der Waals surface area contributed by atoms with Gasteiger partial charge in [0.25, 0.3) is 5.56 Å². The average Bonchev–Trinajstić information content (AvgIpc) is 2.67. The Bertz CT molecular complexity index is 922. The molecule has 0 spiro atoms. The molecule has 148 valence electrons. The Kier molecular flexibility index (Phi) is 4.48. The van der Waals surface area contributed by atoms with E-state index in [0.29, 0.717) is 30.1 Å². The number of para-hydroxylation sites is 1. The summed E-state index contributed by atoms with van der Waals surface area (Å²) in [6, 6.07) is 7.84. The van der Waals surface area contributed by atoms with Gasteiger partial charge in [-0.2, -0.15) is 0 Å². The van der Waals surface area contributed by atoms with E-state index in [1.165, 1.54) is 32.1 Å². The molecule has 0 unspecified atom stereocenters. The SMILES string of the molecule is CN(C(=O)CCCc1nc2ccccc2c(=O)[nH]1)C1C2CC3CC(C2)CC1C3. The Balaban J connectivity index is 1.20. The molecule has 5 heteroatoms. The molecule has 5 nitrogen and oxygen atoms in total. The predicted octanol–water partition coefficient (Wildman–Crippen LogP) is 3.53. The van der Waals surface area contributed by atoms with Crippen molar-refractivity contribution in [1.29, 1.82) is 0 Å². The van der Waals surface area contributed by atoms with E-state index in [1.54, 1.807) is 6.07 Å². The summed E-state index contributed by atoms with van der Waals surface area (Å²) in [5, 5.41) is 0.615. The fourth-order valence-corrected chi connectivity index (χ4v) is 6.53. The maximum atomic E-state index is 12.9. The minimum atomic E-state index is -0.0994. The number of aromatic nitrogens is 2. The summed E-state index contributed by atoms with van der Waals surface area (Å²) < 4.78 is 0. The number of amides is 1. The summed E-state index contributed by atoms with van der Waals surface area (Å²) in [6.45, 7) is 0. The molecule has 0 atom stereocenters. The van der Waals surface area contributed by atoms with Crippen LogP contribution in [0.25, 0.3) is 10.9 Å². The topological polar surface area (TPSA) is 66.1 Å². The highest BCUT2D eigenvalue weighted by molar-refractivity contribution is 5.77. The highest BCUT2D eigenvalue weighted by Gasteiger charge is 2.50. The van der Waals surface area contributed by atoms with Gasteiger partial charge in [0.15, 0.2) is 0 Å². The quantitative estimate of drug-likeness (QED) is 0.864. The largest absolute Gasteiger partial charge is 0.342 e. The summed E-state index contributed by atoms with van der Waals surface area (Å²) in [5.74, 6) is 4.23. The maximum Gasteiger partial charge on any atom is 0.258 e. The standard InChI is InChI=1S/C23H29N3O2/c1-26(22-16-10-14-9-15(12-16)13-17(22)11-14)21(27)8-4-7-20-24-19-6-3-2-5-18(19)23(28)25-20/h2-3,5-6,14-17,22H,4,7-13H2,1H3,(H,24,25,28). The van der Waals surface area contributed by atoms with Gasteiger partial charge in [0.05, 0.1) is 10.9 Å². The van der Waals surface area contributed by atoms with Gasteiger partial charge in [-0.1, -0.05) is 12.1 Å². The van der Waals surface area contributed by atoms with Crippen molar-refractivity contribution in [3.05, 3.63) is 40.4 Å². The predicted molar refractivity (Wildman–Crippen MR) is 109 cm³/mol. The van der Waals surface area contributed by atoms with Gasteiger partial charge in [0.1, 0.15) is 5.82 Å². The van der Waals surface area contributed by atoms with E-state index >= 15 is 0 Å². The molecule has 0 radical (unpaired) electrons. The van der Waals surface area contributed by atoms with Gasteiger partial charge in [-0.15, -0.1) is 0 Å². The molecule has 4 aliphatic carbocycles. The lowest BCUT2D eigenvalue weighted by atomic mass is 9.54. The average molecular weight is 380 g/mol. The van der Waals surface area contributed by atoms with Crippen LogP contribution < -0.4 is 5.56 Å². The highest BCUT2D eigenvalue weighted by atomic mass is 16.2. The molecular formula is C23H29N3O2. The monoisotopic (exact) mass is 379 g/mol. The van der Waals surface area contributed by atoms with Crippen LogP contribution in [0.2, 0.25) is 0 Å². The molecule has 0 saturated heterocycles. The van der Waals surface area contributed by atoms with Crippen molar-refractivity contribution in [2.75, 3.05) is 7.05 Å². The van der Waals surface area contributed by atoms with Gasteiger partial charge in [0, 0.05) is 25.9 Å². The van der Waals surface area contributed by atoms with Gasteiger partial charge in [-0.25, -0.2) is 4.98 Å². The van der Waals surface area contributed by atoms with E-state index in [9.17, 15) is 9.59 Å². The van der Waals surface area contributed by atoms with Crippen LogP contribution in [0.5, 0.6) is 0 Å². The minimum absolute atomic E-state index is 0.0994. The zero-order valence-corrected chi connectivity index (χ0v) is 16.6. The number of benzene rings is 1. The summed E-state index contributed by atoms with van der Waals surface area (Å²) in [6.07, 6.45) is 8.63. The summed E-state index contributed by atoms with van der Waals surface area (Å²) >= 11 is 0. The molecule has 1 amide bonds. The second-order valence-corrected chi connectivity index (χ2v) is 9.31. The first-order valence-electron chi connectivity index (χ1n) is 10.8. The van der Waals surface area contributed by atoms with Crippen LogP contribution in [0.4, 0.5) is 0 Å². The normalized spacial score (nSPS) is 30.7. The number of rotatable bonds is 5.